The largest absolute Gasteiger partial charge is 0.497 e. The molecule has 0 fully saturated rings. The van der Waals surface area contributed by atoms with Gasteiger partial charge in [-0.3, -0.25) is 0 Å². The van der Waals surface area contributed by atoms with E-state index in [1.165, 1.54) is 16.9 Å². The van der Waals surface area contributed by atoms with Crippen LogP contribution in [0.1, 0.15) is 18.9 Å². The van der Waals surface area contributed by atoms with Crippen molar-refractivity contribution >= 4 is 16.5 Å². The topological polar surface area (TPSA) is 47.0 Å². The summed E-state index contributed by atoms with van der Waals surface area (Å²) in [5.74, 6) is 0.902. The van der Waals surface area contributed by atoms with Crippen molar-refractivity contribution in [3.8, 4) is 5.75 Å². The molecule has 96 valence electrons. The number of nitrogens with one attached hydrogen (secondary N) is 1. The highest BCUT2D eigenvalue weighted by Crippen LogP contribution is 2.15. The number of methoxy groups -OCH3 is 1. The van der Waals surface area contributed by atoms with Crippen LogP contribution >= 0.6 is 11.3 Å². The van der Waals surface area contributed by atoms with Gasteiger partial charge in [0.1, 0.15) is 11.3 Å². The van der Waals surface area contributed by atoms with Gasteiger partial charge < -0.3 is 10.1 Å². The third-order valence-electron chi connectivity index (χ3n) is 2.75. The Hall–Kier alpha value is -1.62. The minimum absolute atomic E-state index is 0.389. The molecule has 2 aromatic rings. The SMILES string of the molecule is COc1ccc(CCC(C)Nc2nncs2)cc1. The summed E-state index contributed by atoms with van der Waals surface area (Å²) in [6, 6.07) is 8.60. The number of aryl methyl sites for hydroxylation is 1. The van der Waals surface area contributed by atoms with Crippen LogP contribution in [0.15, 0.2) is 29.8 Å². The van der Waals surface area contributed by atoms with Crippen LogP contribution in [-0.4, -0.2) is 23.3 Å². The second-order valence-corrected chi connectivity index (χ2v) is 5.01. The van der Waals surface area contributed by atoms with Gasteiger partial charge in [0.05, 0.1) is 7.11 Å². The molecule has 0 aliphatic rings. The molecule has 1 unspecified atom stereocenters. The molecule has 2 rings (SSSR count). The fraction of sp³-hybridized carbons (Fsp3) is 0.385. The minimum Gasteiger partial charge on any atom is -0.497 e. The van der Waals surface area contributed by atoms with E-state index in [0.717, 1.165) is 23.7 Å². The third-order valence-corrected chi connectivity index (χ3v) is 3.38. The van der Waals surface area contributed by atoms with Crippen molar-refractivity contribution in [1.82, 2.24) is 10.2 Å². The lowest BCUT2D eigenvalue weighted by Crippen LogP contribution is -2.15. The molecule has 1 aromatic heterocycles. The number of hydrogen-bond acceptors (Lipinski definition) is 5. The summed E-state index contributed by atoms with van der Waals surface area (Å²) in [5.41, 5.74) is 3.06. The fourth-order valence-electron chi connectivity index (χ4n) is 1.69. The third kappa shape index (κ3) is 3.70. The molecule has 0 saturated carbocycles. The van der Waals surface area contributed by atoms with Gasteiger partial charge in [0.15, 0.2) is 0 Å². The summed E-state index contributed by atoms with van der Waals surface area (Å²) in [5, 5.41) is 12.0. The van der Waals surface area contributed by atoms with Gasteiger partial charge in [0.25, 0.3) is 0 Å². The van der Waals surface area contributed by atoms with Crippen molar-refractivity contribution < 1.29 is 4.74 Å². The Labute approximate surface area is 111 Å². The fourth-order valence-corrected chi connectivity index (χ4v) is 2.25. The monoisotopic (exact) mass is 263 g/mol. The molecular weight excluding hydrogens is 246 g/mol. The zero-order chi connectivity index (χ0) is 12.8. The highest BCUT2D eigenvalue weighted by Gasteiger charge is 2.04. The Morgan fingerprint density at radius 2 is 2.11 bits per heavy atom. The average molecular weight is 263 g/mol. The summed E-state index contributed by atoms with van der Waals surface area (Å²) in [4.78, 5) is 0. The first-order valence-corrected chi connectivity index (χ1v) is 6.81. The van der Waals surface area contributed by atoms with Crippen LogP contribution in [0, 0.1) is 0 Å². The number of hydrogen-bond donors (Lipinski definition) is 1. The Kier molecular flexibility index (Phi) is 4.52. The van der Waals surface area contributed by atoms with E-state index in [4.69, 9.17) is 4.74 Å². The second-order valence-electron chi connectivity index (χ2n) is 4.18. The highest BCUT2D eigenvalue weighted by atomic mass is 32.1. The summed E-state index contributed by atoms with van der Waals surface area (Å²) in [6.07, 6.45) is 2.10. The van der Waals surface area contributed by atoms with Crippen molar-refractivity contribution in [1.29, 1.82) is 0 Å². The van der Waals surface area contributed by atoms with E-state index in [2.05, 4.69) is 34.6 Å². The standard InChI is InChI=1S/C13H17N3OS/c1-10(15-13-16-14-9-18-13)3-4-11-5-7-12(17-2)8-6-11/h5-10H,3-4H2,1-2H3,(H,15,16). The molecule has 0 bridgehead atoms. The Bertz CT molecular complexity index is 456. The van der Waals surface area contributed by atoms with Crippen molar-refractivity contribution in [3.05, 3.63) is 35.3 Å². The smallest absolute Gasteiger partial charge is 0.205 e. The van der Waals surface area contributed by atoms with Gasteiger partial charge in [0.2, 0.25) is 5.13 Å². The molecule has 1 atom stereocenters. The molecule has 0 saturated heterocycles. The number of ether oxygens (including phenoxy) is 1. The normalized spacial score (nSPS) is 12.1. The van der Waals surface area contributed by atoms with Gasteiger partial charge in [-0.1, -0.05) is 23.5 Å². The number of aromatic nitrogens is 2. The zero-order valence-corrected chi connectivity index (χ0v) is 11.4. The molecular formula is C13H17N3OS. The van der Waals surface area contributed by atoms with Gasteiger partial charge in [-0.25, -0.2) is 0 Å². The summed E-state index contributed by atoms with van der Waals surface area (Å²) in [7, 11) is 1.68. The summed E-state index contributed by atoms with van der Waals surface area (Å²) < 4.78 is 5.14. The Morgan fingerprint density at radius 1 is 1.33 bits per heavy atom. The van der Waals surface area contributed by atoms with Crippen molar-refractivity contribution in [2.75, 3.05) is 12.4 Å². The van der Waals surface area contributed by atoms with Gasteiger partial charge in [-0.15, -0.1) is 10.2 Å². The van der Waals surface area contributed by atoms with Crippen LogP contribution in [0.4, 0.5) is 5.13 Å². The molecule has 4 nitrogen and oxygen atoms in total. The van der Waals surface area contributed by atoms with Crippen LogP contribution in [0.5, 0.6) is 5.75 Å². The maximum absolute atomic E-state index is 5.14. The van der Waals surface area contributed by atoms with Crippen LogP contribution in [0.3, 0.4) is 0 Å². The predicted octanol–water partition coefficient (Wildman–Crippen LogP) is 2.98. The summed E-state index contributed by atoms with van der Waals surface area (Å²) >= 11 is 1.53. The Balaban J connectivity index is 1.79. The maximum Gasteiger partial charge on any atom is 0.205 e. The number of anilines is 1. The molecule has 5 heteroatoms. The van der Waals surface area contributed by atoms with Crippen LogP contribution in [0.25, 0.3) is 0 Å². The number of rotatable bonds is 6. The lowest BCUT2D eigenvalue weighted by atomic mass is 10.1. The van der Waals surface area contributed by atoms with Crippen LogP contribution in [0.2, 0.25) is 0 Å². The summed E-state index contributed by atoms with van der Waals surface area (Å²) in [6.45, 7) is 2.16. The van der Waals surface area contributed by atoms with E-state index in [1.807, 2.05) is 12.1 Å². The molecule has 1 N–H and O–H groups in total. The van der Waals surface area contributed by atoms with E-state index >= 15 is 0 Å². The molecule has 1 aromatic carbocycles. The molecule has 1 heterocycles. The quantitative estimate of drug-likeness (QED) is 0.870. The van der Waals surface area contributed by atoms with E-state index in [9.17, 15) is 0 Å². The van der Waals surface area contributed by atoms with Crippen LogP contribution < -0.4 is 10.1 Å². The first-order valence-electron chi connectivity index (χ1n) is 5.93. The molecule has 0 aliphatic carbocycles. The van der Waals surface area contributed by atoms with Crippen molar-refractivity contribution in [3.63, 3.8) is 0 Å². The molecule has 0 aliphatic heterocycles. The van der Waals surface area contributed by atoms with Gasteiger partial charge >= 0.3 is 0 Å². The zero-order valence-electron chi connectivity index (χ0n) is 10.6. The van der Waals surface area contributed by atoms with E-state index in [1.54, 1.807) is 12.6 Å². The Morgan fingerprint density at radius 3 is 2.72 bits per heavy atom. The maximum atomic E-state index is 5.14. The lowest BCUT2D eigenvalue weighted by Gasteiger charge is -2.12. The molecule has 0 radical (unpaired) electrons. The van der Waals surface area contributed by atoms with Crippen molar-refractivity contribution in [2.24, 2.45) is 0 Å². The van der Waals surface area contributed by atoms with Gasteiger partial charge in [0, 0.05) is 6.04 Å². The van der Waals surface area contributed by atoms with E-state index in [-0.39, 0.29) is 0 Å². The average Bonchev–Trinajstić information content (AvgIpc) is 2.90. The first-order chi connectivity index (χ1) is 8.78. The highest BCUT2D eigenvalue weighted by molar-refractivity contribution is 7.13. The minimum atomic E-state index is 0.389. The lowest BCUT2D eigenvalue weighted by molar-refractivity contribution is 0.414. The van der Waals surface area contributed by atoms with E-state index < -0.39 is 0 Å². The predicted molar refractivity (Wildman–Crippen MR) is 74.3 cm³/mol. The molecule has 0 amide bonds. The second kappa shape index (κ2) is 6.35. The number of nitrogens with zero attached hydrogens (tertiary/aromatic N) is 2. The van der Waals surface area contributed by atoms with E-state index in [0.29, 0.717) is 6.04 Å². The van der Waals surface area contributed by atoms with Gasteiger partial charge in [-0.05, 0) is 37.5 Å². The van der Waals surface area contributed by atoms with Gasteiger partial charge in [-0.2, -0.15) is 0 Å². The molecule has 0 spiro atoms. The first kappa shape index (κ1) is 12.8. The molecule has 18 heavy (non-hydrogen) atoms. The van der Waals surface area contributed by atoms with Crippen molar-refractivity contribution in [2.45, 2.75) is 25.8 Å². The van der Waals surface area contributed by atoms with Crippen LogP contribution in [-0.2, 0) is 6.42 Å². The number of benzene rings is 1.